The first-order valence-electron chi connectivity index (χ1n) is 32.6. The van der Waals surface area contributed by atoms with Gasteiger partial charge in [-0.1, -0.05) is 127 Å². The summed E-state index contributed by atoms with van der Waals surface area (Å²) in [5.41, 5.74) is 22.5. The zero-order valence-electron chi connectivity index (χ0n) is 53.2. The number of hydrogen-bond donors (Lipinski definition) is 0. The molecule has 0 atom stereocenters. The van der Waals surface area contributed by atoms with Crippen molar-refractivity contribution < 1.29 is 0 Å². The average Bonchev–Trinajstić information content (AvgIpc) is 1.59. The molecule has 0 aliphatic heterocycles. The van der Waals surface area contributed by atoms with Crippen molar-refractivity contribution in [2.24, 2.45) is 0 Å². The Bertz CT molecular complexity index is 6830. The highest BCUT2D eigenvalue weighted by Gasteiger charge is 2.24. The molecule has 0 saturated carbocycles. The maximum Gasteiger partial charge on any atom is 0.0998 e. The Morgan fingerprint density at radius 2 is 0.640 bits per heavy atom. The maximum atomic E-state index is 11.0. The second-order valence-electron chi connectivity index (χ2n) is 25.1. The summed E-state index contributed by atoms with van der Waals surface area (Å²) in [7, 11) is 0. The molecule has 14 aromatic carbocycles. The first-order chi connectivity index (χ1) is 49.3. The molecule has 18 aromatic rings. The molecule has 0 bridgehead atoms. The SMILES string of the molecule is N#Cc1cc(-c2cccc(-n3c4ccccc4c4c(-c5ccc6c7cc(C#N)ccc7n(-c7ccc(C#N)cc7-c7cc(-c8cccc(-n9c%10ccccc%10c%10ccccc%109)c8)ccc7C#N)c6c5)cccc43)c2)cc(-c2cc(C#N)ccc2-n2c3ccccc3c3cc(C#N)ccc32)c1. The van der Waals surface area contributed by atoms with Crippen molar-refractivity contribution in [1.29, 1.82) is 31.6 Å². The molecule has 18 rings (SSSR count). The summed E-state index contributed by atoms with van der Waals surface area (Å²) < 4.78 is 8.98. The van der Waals surface area contributed by atoms with Crippen LogP contribution in [0.4, 0.5) is 0 Å². The van der Waals surface area contributed by atoms with Crippen LogP contribution in [-0.4, -0.2) is 18.3 Å². The molecule has 10 nitrogen and oxygen atoms in total. The lowest BCUT2D eigenvalue weighted by atomic mass is 9.92. The van der Waals surface area contributed by atoms with Crippen LogP contribution in [-0.2, 0) is 0 Å². The lowest BCUT2D eigenvalue weighted by molar-refractivity contribution is 1.18. The fourth-order valence-corrected chi connectivity index (χ4v) is 15.3. The van der Waals surface area contributed by atoms with Crippen LogP contribution in [0, 0.1) is 68.0 Å². The summed E-state index contributed by atoms with van der Waals surface area (Å²) in [5.74, 6) is 0. The topological polar surface area (TPSA) is 162 Å². The van der Waals surface area contributed by atoms with Gasteiger partial charge < -0.3 is 18.3 Å². The van der Waals surface area contributed by atoms with E-state index in [0.29, 0.717) is 44.5 Å². The molecule has 4 heterocycles. The molecule has 0 amide bonds. The summed E-state index contributed by atoms with van der Waals surface area (Å²) >= 11 is 0. The highest BCUT2D eigenvalue weighted by atomic mass is 15.0. The van der Waals surface area contributed by atoms with E-state index in [4.69, 9.17) is 0 Å². The fourth-order valence-electron chi connectivity index (χ4n) is 15.3. The number of nitriles is 6. The van der Waals surface area contributed by atoms with Gasteiger partial charge in [-0.05, 0) is 203 Å². The van der Waals surface area contributed by atoms with E-state index in [1.807, 2.05) is 115 Å². The van der Waals surface area contributed by atoms with Gasteiger partial charge in [0.1, 0.15) is 0 Å². The van der Waals surface area contributed by atoms with Crippen LogP contribution in [0.2, 0.25) is 0 Å². The van der Waals surface area contributed by atoms with Gasteiger partial charge in [0, 0.05) is 71.2 Å². The third-order valence-corrected chi connectivity index (χ3v) is 19.7. The van der Waals surface area contributed by atoms with Gasteiger partial charge in [-0.15, -0.1) is 0 Å². The van der Waals surface area contributed by atoms with Gasteiger partial charge in [0.05, 0.1) is 125 Å². The van der Waals surface area contributed by atoms with Crippen molar-refractivity contribution in [2.75, 3.05) is 0 Å². The van der Waals surface area contributed by atoms with Crippen molar-refractivity contribution in [3.05, 3.63) is 325 Å². The van der Waals surface area contributed by atoms with Gasteiger partial charge in [-0.25, -0.2) is 0 Å². The Balaban J connectivity index is 0.775. The Morgan fingerprint density at radius 1 is 0.200 bits per heavy atom. The monoisotopic (exact) mass is 1270 g/mol. The molecule has 4 aromatic heterocycles. The number of fused-ring (bicyclic) bond motifs is 12. The number of rotatable bonds is 9. The van der Waals surface area contributed by atoms with Gasteiger partial charge in [0.15, 0.2) is 0 Å². The normalized spacial score (nSPS) is 11.3. The number of aromatic nitrogens is 4. The molecule has 0 N–H and O–H groups in total. The van der Waals surface area contributed by atoms with Crippen molar-refractivity contribution in [2.45, 2.75) is 0 Å². The molecule has 0 fully saturated rings. The van der Waals surface area contributed by atoms with Crippen molar-refractivity contribution in [3.63, 3.8) is 0 Å². The van der Waals surface area contributed by atoms with E-state index >= 15 is 0 Å². The number of nitrogens with zero attached hydrogens (tertiary/aromatic N) is 10. The molecule has 0 radical (unpaired) electrons. The van der Waals surface area contributed by atoms with Crippen LogP contribution in [0.5, 0.6) is 0 Å². The predicted octanol–water partition coefficient (Wildman–Crippen LogP) is 21.6. The maximum absolute atomic E-state index is 11.0. The van der Waals surface area contributed by atoms with Gasteiger partial charge in [-0.3, -0.25) is 0 Å². The molecule has 0 spiro atoms. The number of para-hydroxylation sites is 4. The van der Waals surface area contributed by atoms with Gasteiger partial charge in [0.2, 0.25) is 0 Å². The van der Waals surface area contributed by atoms with Crippen LogP contribution in [0.3, 0.4) is 0 Å². The standard InChI is InChI=1S/C90H48N10/c91-49-55-26-34-84(99-82-23-7-3-18-72(82)77-41-56(50-92)27-35-85(77)99)76(40-55)66-39-59(53-95)38-65(44-66)61-13-10-15-68(46-61)98-83-24-8-4-19-74(83)90-69(20-11-25-88(90)98)63-32-33-73-78-42-57(51-93)28-36-86(78)100(89(73)48-63)87-37-29-58(52-94)43-79(87)75-47-62(30-31-64(75)54-96)60-12-9-14-67(45-60)97-80-21-5-1-16-70(80)71-17-2-6-22-81(71)97/h1-48H. The van der Waals surface area contributed by atoms with Crippen LogP contribution in [0.25, 0.3) is 166 Å². The van der Waals surface area contributed by atoms with Crippen molar-refractivity contribution in [1.82, 2.24) is 18.3 Å². The smallest absolute Gasteiger partial charge is 0.0998 e. The fraction of sp³-hybridized carbons (Fsp3) is 0. The summed E-state index contributed by atoms with van der Waals surface area (Å²) in [6, 6.07) is 112. The molecule has 10 heteroatoms. The summed E-state index contributed by atoms with van der Waals surface area (Å²) in [5, 5.41) is 71.2. The minimum absolute atomic E-state index is 0.439. The highest BCUT2D eigenvalue weighted by Crippen LogP contribution is 2.46. The number of hydrogen-bond acceptors (Lipinski definition) is 6. The zero-order chi connectivity index (χ0) is 67.3. The van der Waals surface area contributed by atoms with E-state index in [2.05, 4.69) is 231 Å². The van der Waals surface area contributed by atoms with Crippen LogP contribution in [0.1, 0.15) is 33.4 Å². The van der Waals surface area contributed by atoms with E-state index in [-0.39, 0.29) is 0 Å². The summed E-state index contributed by atoms with van der Waals surface area (Å²) in [4.78, 5) is 0. The van der Waals surface area contributed by atoms with Crippen molar-refractivity contribution >= 4 is 87.2 Å². The second-order valence-corrected chi connectivity index (χ2v) is 25.1. The predicted molar refractivity (Wildman–Crippen MR) is 399 cm³/mol. The lowest BCUT2D eigenvalue weighted by Crippen LogP contribution is -2.00. The van der Waals surface area contributed by atoms with E-state index in [9.17, 15) is 31.6 Å². The van der Waals surface area contributed by atoms with E-state index in [1.54, 1.807) is 0 Å². The molecule has 0 aliphatic carbocycles. The highest BCUT2D eigenvalue weighted by molar-refractivity contribution is 6.18. The van der Waals surface area contributed by atoms with Crippen LogP contribution < -0.4 is 0 Å². The van der Waals surface area contributed by atoms with E-state index < -0.39 is 0 Å². The molecular weight excluding hydrogens is 1220 g/mol. The molecule has 0 unspecified atom stereocenters. The lowest BCUT2D eigenvalue weighted by Gasteiger charge is -2.17. The Hall–Kier alpha value is -14.8. The van der Waals surface area contributed by atoms with Gasteiger partial charge >= 0.3 is 0 Å². The summed E-state index contributed by atoms with van der Waals surface area (Å²) in [6.45, 7) is 0. The Kier molecular flexibility index (Phi) is 13.3. The minimum Gasteiger partial charge on any atom is -0.309 e. The average molecular weight is 1270 g/mol. The van der Waals surface area contributed by atoms with E-state index in [1.165, 1.54) is 10.8 Å². The first kappa shape index (κ1) is 57.8. The molecule has 458 valence electrons. The van der Waals surface area contributed by atoms with Gasteiger partial charge in [0.25, 0.3) is 0 Å². The van der Waals surface area contributed by atoms with Crippen LogP contribution in [0.15, 0.2) is 291 Å². The quantitative estimate of drug-likeness (QED) is 0.140. The third kappa shape index (κ3) is 9.06. The van der Waals surface area contributed by atoms with Gasteiger partial charge in [-0.2, -0.15) is 31.6 Å². The van der Waals surface area contributed by atoms with Crippen LogP contribution >= 0.6 is 0 Å². The minimum atomic E-state index is 0.439. The molecule has 100 heavy (non-hydrogen) atoms. The molecule has 0 saturated heterocycles. The molecule has 0 aliphatic rings. The molecular formula is C90H48N10. The third-order valence-electron chi connectivity index (χ3n) is 19.7. The Labute approximate surface area is 573 Å². The second kappa shape index (κ2) is 23.0. The summed E-state index contributed by atoms with van der Waals surface area (Å²) in [6.07, 6.45) is 0. The van der Waals surface area contributed by atoms with Crippen molar-refractivity contribution in [3.8, 4) is 115 Å². The van der Waals surface area contributed by atoms with E-state index in [0.717, 1.165) is 144 Å². The zero-order valence-corrected chi connectivity index (χ0v) is 53.2. The largest absolute Gasteiger partial charge is 0.309 e. The first-order valence-corrected chi connectivity index (χ1v) is 32.6. The number of benzene rings is 14. The Morgan fingerprint density at radius 3 is 1.25 bits per heavy atom.